The van der Waals surface area contributed by atoms with Crippen LogP contribution in [0.4, 0.5) is 5.69 Å². The van der Waals surface area contributed by atoms with E-state index in [0.29, 0.717) is 28.9 Å². The molecule has 3 rings (SSSR count). The summed E-state index contributed by atoms with van der Waals surface area (Å²) < 4.78 is 4.17. The average Bonchev–Trinajstić information content (AvgIpc) is 3.01. The molecule has 9 heteroatoms. The van der Waals surface area contributed by atoms with E-state index in [1.54, 1.807) is 18.7 Å². The number of aryl methyl sites for hydroxylation is 2. The number of nitrogens with one attached hydrogen (secondary N) is 1. The largest absolute Gasteiger partial charge is 0.332 e. The SMILES string of the molecule is CC(C)c1ccccc1NC(=O)CCSc1nc2c(=O)n(C)c(=O)n(C)c2n1C. The highest BCUT2D eigenvalue weighted by Gasteiger charge is 2.17. The number of carbonyl (C=O) groups is 1. The lowest BCUT2D eigenvalue weighted by molar-refractivity contribution is -0.115. The van der Waals surface area contributed by atoms with E-state index in [1.807, 2.05) is 24.3 Å². The van der Waals surface area contributed by atoms with Crippen molar-refractivity contribution in [2.45, 2.75) is 31.3 Å². The topological polar surface area (TPSA) is 90.9 Å². The number of anilines is 1. The molecule has 0 radical (unpaired) electrons. The van der Waals surface area contributed by atoms with Gasteiger partial charge in [0.2, 0.25) is 5.91 Å². The summed E-state index contributed by atoms with van der Waals surface area (Å²) in [7, 11) is 4.81. The number of hydrogen-bond acceptors (Lipinski definition) is 5. The Morgan fingerprint density at radius 2 is 1.79 bits per heavy atom. The molecule has 1 aromatic carbocycles. The summed E-state index contributed by atoms with van der Waals surface area (Å²) in [5.74, 6) is 0.740. The van der Waals surface area contributed by atoms with Gasteiger partial charge in [-0.15, -0.1) is 0 Å². The molecule has 0 unspecified atom stereocenters. The van der Waals surface area contributed by atoms with Gasteiger partial charge in [0.05, 0.1) is 0 Å². The number of fused-ring (bicyclic) bond motifs is 1. The summed E-state index contributed by atoms with van der Waals surface area (Å²) in [4.78, 5) is 41.3. The molecule has 29 heavy (non-hydrogen) atoms. The van der Waals surface area contributed by atoms with Crippen LogP contribution in [0.25, 0.3) is 11.2 Å². The van der Waals surface area contributed by atoms with Crippen LogP contribution in [-0.4, -0.2) is 30.3 Å². The summed E-state index contributed by atoms with van der Waals surface area (Å²) in [5, 5.41) is 3.57. The molecule has 2 heterocycles. The quantitative estimate of drug-likeness (QED) is 0.624. The first-order valence-electron chi connectivity index (χ1n) is 9.36. The summed E-state index contributed by atoms with van der Waals surface area (Å²) in [6.07, 6.45) is 0.303. The van der Waals surface area contributed by atoms with Crippen LogP contribution in [-0.2, 0) is 25.9 Å². The van der Waals surface area contributed by atoms with E-state index in [9.17, 15) is 14.4 Å². The predicted molar refractivity (Wildman–Crippen MR) is 116 cm³/mol. The maximum absolute atomic E-state index is 12.4. The standard InChI is InChI=1S/C20H25N5O3S/c1-12(2)13-8-6-7-9-14(13)21-15(26)10-11-29-19-22-16-17(23(19)3)24(4)20(28)25(5)18(16)27/h6-9,12H,10-11H2,1-5H3,(H,21,26). The molecule has 0 aliphatic carbocycles. The lowest BCUT2D eigenvalue weighted by atomic mass is 10.0. The summed E-state index contributed by atoms with van der Waals surface area (Å²) in [5.41, 5.74) is 1.82. The minimum Gasteiger partial charge on any atom is -0.326 e. The highest BCUT2D eigenvalue weighted by atomic mass is 32.2. The van der Waals surface area contributed by atoms with Crippen molar-refractivity contribution in [2.75, 3.05) is 11.1 Å². The van der Waals surface area contributed by atoms with Crippen LogP contribution in [0.2, 0.25) is 0 Å². The second-order valence-corrected chi connectivity index (χ2v) is 8.28. The molecule has 0 saturated carbocycles. The van der Waals surface area contributed by atoms with Gasteiger partial charge in [0.15, 0.2) is 16.3 Å². The fourth-order valence-electron chi connectivity index (χ4n) is 3.25. The number of para-hydroxylation sites is 1. The number of benzene rings is 1. The van der Waals surface area contributed by atoms with Gasteiger partial charge in [-0.25, -0.2) is 9.78 Å². The lowest BCUT2D eigenvalue weighted by Gasteiger charge is -2.13. The van der Waals surface area contributed by atoms with E-state index < -0.39 is 11.2 Å². The van der Waals surface area contributed by atoms with Crippen LogP contribution in [0.5, 0.6) is 0 Å². The number of thioether (sulfide) groups is 1. The van der Waals surface area contributed by atoms with Gasteiger partial charge >= 0.3 is 5.69 Å². The molecule has 0 atom stereocenters. The van der Waals surface area contributed by atoms with Gasteiger partial charge in [-0.2, -0.15) is 0 Å². The summed E-state index contributed by atoms with van der Waals surface area (Å²) >= 11 is 1.38. The molecule has 0 aliphatic rings. The lowest BCUT2D eigenvalue weighted by Crippen LogP contribution is -2.37. The van der Waals surface area contributed by atoms with E-state index >= 15 is 0 Å². The fraction of sp³-hybridized carbons (Fsp3) is 0.400. The number of rotatable bonds is 6. The van der Waals surface area contributed by atoms with Gasteiger partial charge in [-0.3, -0.25) is 18.7 Å². The number of aromatic nitrogens is 4. The molecular weight excluding hydrogens is 390 g/mol. The Labute approximate surface area is 172 Å². The molecule has 0 fully saturated rings. The normalized spacial score (nSPS) is 11.4. The maximum Gasteiger partial charge on any atom is 0.332 e. The van der Waals surface area contributed by atoms with Gasteiger partial charge in [0.25, 0.3) is 5.56 Å². The minimum absolute atomic E-state index is 0.0762. The molecule has 0 spiro atoms. The predicted octanol–water partition coefficient (Wildman–Crippen LogP) is 2.21. The number of carbonyl (C=O) groups excluding carboxylic acids is 1. The van der Waals surface area contributed by atoms with Gasteiger partial charge in [-0.05, 0) is 17.5 Å². The Hall–Kier alpha value is -2.81. The van der Waals surface area contributed by atoms with Gasteiger partial charge < -0.3 is 9.88 Å². The number of nitrogens with zero attached hydrogens (tertiary/aromatic N) is 4. The summed E-state index contributed by atoms with van der Waals surface area (Å²) in [6.45, 7) is 4.17. The van der Waals surface area contributed by atoms with Crippen molar-refractivity contribution in [3.05, 3.63) is 50.7 Å². The molecule has 3 aromatic rings. The smallest absolute Gasteiger partial charge is 0.326 e. The van der Waals surface area contributed by atoms with Crippen molar-refractivity contribution in [3.63, 3.8) is 0 Å². The van der Waals surface area contributed by atoms with Crippen molar-refractivity contribution >= 4 is 34.5 Å². The first-order chi connectivity index (χ1) is 13.7. The van der Waals surface area contributed by atoms with Crippen LogP contribution < -0.4 is 16.6 Å². The highest BCUT2D eigenvalue weighted by Crippen LogP contribution is 2.24. The van der Waals surface area contributed by atoms with E-state index in [-0.39, 0.29) is 11.4 Å². The number of hydrogen-bond donors (Lipinski definition) is 1. The fourth-order valence-corrected chi connectivity index (χ4v) is 4.16. The van der Waals surface area contributed by atoms with Gasteiger partial charge in [0.1, 0.15) is 0 Å². The Bertz CT molecular complexity index is 1190. The van der Waals surface area contributed by atoms with E-state index in [1.165, 1.54) is 23.4 Å². The third-order valence-electron chi connectivity index (χ3n) is 4.84. The Balaban J connectivity index is 1.72. The zero-order valence-corrected chi connectivity index (χ0v) is 18.0. The molecule has 0 aliphatic heterocycles. The molecular formula is C20H25N5O3S. The molecule has 1 amide bonds. The molecule has 8 nitrogen and oxygen atoms in total. The zero-order chi connectivity index (χ0) is 21.3. The Kier molecular flexibility index (Phi) is 5.97. The average molecular weight is 416 g/mol. The molecule has 0 saturated heterocycles. The van der Waals surface area contributed by atoms with Crippen molar-refractivity contribution < 1.29 is 4.79 Å². The molecule has 1 N–H and O–H groups in total. The van der Waals surface area contributed by atoms with E-state index in [2.05, 4.69) is 24.1 Å². The maximum atomic E-state index is 12.4. The van der Waals surface area contributed by atoms with E-state index in [0.717, 1.165) is 15.8 Å². The Morgan fingerprint density at radius 3 is 2.48 bits per heavy atom. The molecule has 154 valence electrons. The van der Waals surface area contributed by atoms with Crippen molar-refractivity contribution in [1.82, 2.24) is 18.7 Å². The third kappa shape index (κ3) is 4.00. The van der Waals surface area contributed by atoms with Crippen LogP contribution in [0.15, 0.2) is 39.0 Å². The van der Waals surface area contributed by atoms with Crippen LogP contribution in [0, 0.1) is 0 Å². The first kappa shape index (κ1) is 20.9. The second-order valence-electron chi connectivity index (χ2n) is 7.22. The molecule has 2 aromatic heterocycles. The highest BCUT2D eigenvalue weighted by molar-refractivity contribution is 7.99. The molecule has 0 bridgehead atoms. The third-order valence-corrected chi connectivity index (χ3v) is 5.87. The van der Waals surface area contributed by atoms with Gasteiger partial charge in [0, 0.05) is 39.0 Å². The van der Waals surface area contributed by atoms with Gasteiger partial charge in [-0.1, -0.05) is 43.8 Å². The van der Waals surface area contributed by atoms with Crippen molar-refractivity contribution in [1.29, 1.82) is 0 Å². The second kappa shape index (κ2) is 8.28. The first-order valence-corrected chi connectivity index (χ1v) is 10.3. The Morgan fingerprint density at radius 1 is 1.10 bits per heavy atom. The zero-order valence-electron chi connectivity index (χ0n) is 17.2. The number of imidazole rings is 1. The minimum atomic E-state index is -0.423. The van der Waals surface area contributed by atoms with Crippen LogP contribution in [0.3, 0.4) is 0 Å². The monoisotopic (exact) mass is 415 g/mol. The van der Waals surface area contributed by atoms with Crippen LogP contribution in [0.1, 0.15) is 31.7 Å². The van der Waals surface area contributed by atoms with Crippen molar-refractivity contribution in [2.24, 2.45) is 21.1 Å². The number of amides is 1. The van der Waals surface area contributed by atoms with Crippen molar-refractivity contribution in [3.8, 4) is 0 Å². The van der Waals surface area contributed by atoms with Crippen LogP contribution >= 0.6 is 11.8 Å². The van der Waals surface area contributed by atoms with E-state index in [4.69, 9.17) is 0 Å². The summed E-state index contributed by atoms with van der Waals surface area (Å²) in [6, 6.07) is 7.78.